The molecule has 1 aromatic carbocycles. The molecule has 0 amide bonds. The first-order valence-electron chi connectivity index (χ1n) is 10.1. The highest BCUT2D eigenvalue weighted by atomic mass is 19.4. The van der Waals surface area contributed by atoms with Crippen LogP contribution in [0.5, 0.6) is 0 Å². The molecule has 5 nitrogen and oxygen atoms in total. The van der Waals surface area contributed by atoms with E-state index in [2.05, 4.69) is 4.98 Å². The highest BCUT2D eigenvalue weighted by molar-refractivity contribution is 6.40. The first-order chi connectivity index (χ1) is 13.8. The van der Waals surface area contributed by atoms with Crippen LogP contribution in [-0.2, 0) is 6.18 Å². The van der Waals surface area contributed by atoms with Crippen LogP contribution in [0.4, 0.5) is 18.9 Å². The standard InChI is InChI=1S/C20H27BF3N3O2/c22-20(23,24)19-13-18(15-5-1-2-7-17(15)26-19)27-11-8-14(9-12-27)16(25)6-3-4-10-21(28)29/h1-2,5,7,13-14,16,28-29H,3-4,6,8-12,25H2. The molecule has 1 atom stereocenters. The first-order valence-corrected chi connectivity index (χ1v) is 10.1. The number of anilines is 1. The highest BCUT2D eigenvalue weighted by Crippen LogP contribution is 2.36. The van der Waals surface area contributed by atoms with Crippen LogP contribution in [-0.4, -0.2) is 41.3 Å². The van der Waals surface area contributed by atoms with E-state index in [4.69, 9.17) is 15.8 Å². The molecular formula is C20H27BF3N3O2. The molecule has 0 aliphatic carbocycles. The summed E-state index contributed by atoms with van der Waals surface area (Å²) >= 11 is 0. The fraction of sp³-hybridized carbons (Fsp3) is 0.550. The lowest BCUT2D eigenvalue weighted by Crippen LogP contribution is -2.41. The van der Waals surface area contributed by atoms with Crippen molar-refractivity contribution in [3.05, 3.63) is 36.0 Å². The monoisotopic (exact) mass is 409 g/mol. The van der Waals surface area contributed by atoms with E-state index in [9.17, 15) is 13.2 Å². The summed E-state index contributed by atoms with van der Waals surface area (Å²) in [6.07, 6.45) is -0.128. The number of hydrogen-bond donors (Lipinski definition) is 3. The third kappa shape index (κ3) is 5.61. The maximum atomic E-state index is 13.3. The van der Waals surface area contributed by atoms with Crippen molar-refractivity contribution in [3.8, 4) is 0 Å². The van der Waals surface area contributed by atoms with Crippen molar-refractivity contribution < 1.29 is 23.2 Å². The number of benzene rings is 1. The maximum absolute atomic E-state index is 13.3. The predicted octanol–water partition coefficient (Wildman–Crippen LogP) is 3.44. The molecule has 1 saturated heterocycles. The normalized spacial score (nSPS) is 17.0. The number of pyridine rings is 1. The molecule has 0 spiro atoms. The van der Waals surface area contributed by atoms with Crippen molar-refractivity contribution in [1.82, 2.24) is 4.98 Å². The third-order valence-corrected chi connectivity index (χ3v) is 5.72. The van der Waals surface area contributed by atoms with Crippen LogP contribution in [0.1, 0.15) is 37.8 Å². The minimum absolute atomic E-state index is 0.0212. The van der Waals surface area contributed by atoms with E-state index in [0.29, 0.717) is 43.0 Å². The smallest absolute Gasteiger partial charge is 0.427 e. The van der Waals surface area contributed by atoms with E-state index in [0.717, 1.165) is 37.1 Å². The fourth-order valence-corrected chi connectivity index (χ4v) is 4.08. The number of unbranched alkanes of at least 4 members (excludes halogenated alkanes) is 1. The summed E-state index contributed by atoms with van der Waals surface area (Å²) in [5.74, 6) is 0.320. The number of nitrogens with zero attached hydrogens (tertiary/aromatic N) is 2. The second-order valence-electron chi connectivity index (χ2n) is 7.79. The lowest BCUT2D eigenvalue weighted by Gasteiger charge is -2.36. The Morgan fingerprint density at radius 3 is 2.52 bits per heavy atom. The quantitative estimate of drug-likeness (QED) is 0.482. The molecule has 1 fully saturated rings. The Balaban J connectivity index is 1.67. The van der Waals surface area contributed by atoms with E-state index >= 15 is 0 Å². The number of aromatic nitrogens is 1. The number of nitrogens with two attached hydrogens (primary N) is 1. The van der Waals surface area contributed by atoms with Gasteiger partial charge in [0.05, 0.1) is 5.52 Å². The van der Waals surface area contributed by atoms with E-state index in [1.54, 1.807) is 12.1 Å². The Morgan fingerprint density at radius 2 is 1.86 bits per heavy atom. The molecule has 9 heteroatoms. The average Bonchev–Trinajstić information content (AvgIpc) is 2.69. The Bertz CT molecular complexity index is 811. The molecule has 1 aliphatic heterocycles. The van der Waals surface area contributed by atoms with Gasteiger partial charge in [0.1, 0.15) is 5.69 Å². The molecule has 0 radical (unpaired) electrons. The summed E-state index contributed by atoms with van der Waals surface area (Å²) in [5.41, 5.74) is 6.38. The predicted molar refractivity (Wildman–Crippen MR) is 109 cm³/mol. The van der Waals surface area contributed by atoms with E-state index in [1.165, 1.54) is 0 Å². The van der Waals surface area contributed by atoms with Gasteiger partial charge in [0.2, 0.25) is 0 Å². The zero-order chi connectivity index (χ0) is 21.0. The third-order valence-electron chi connectivity index (χ3n) is 5.72. The van der Waals surface area contributed by atoms with Crippen molar-refractivity contribution in [2.75, 3.05) is 18.0 Å². The van der Waals surface area contributed by atoms with Gasteiger partial charge in [0.15, 0.2) is 0 Å². The van der Waals surface area contributed by atoms with Gasteiger partial charge < -0.3 is 20.7 Å². The number of hydrogen-bond acceptors (Lipinski definition) is 5. The highest BCUT2D eigenvalue weighted by Gasteiger charge is 2.34. The zero-order valence-corrected chi connectivity index (χ0v) is 16.3. The van der Waals surface area contributed by atoms with Crippen LogP contribution >= 0.6 is 0 Å². The van der Waals surface area contributed by atoms with Gasteiger partial charge in [-0.25, -0.2) is 4.98 Å². The van der Waals surface area contributed by atoms with Gasteiger partial charge in [-0.1, -0.05) is 31.0 Å². The van der Waals surface area contributed by atoms with Gasteiger partial charge in [-0.05, 0) is 43.6 Å². The minimum atomic E-state index is -4.48. The molecule has 1 aromatic heterocycles. The average molecular weight is 409 g/mol. The van der Waals surface area contributed by atoms with Gasteiger partial charge in [-0.15, -0.1) is 0 Å². The second-order valence-corrected chi connectivity index (χ2v) is 7.79. The maximum Gasteiger partial charge on any atom is 0.451 e. The summed E-state index contributed by atoms with van der Waals surface area (Å²) in [6.45, 7) is 1.30. The number of alkyl halides is 3. The summed E-state index contributed by atoms with van der Waals surface area (Å²) in [7, 11) is -1.27. The second kappa shape index (κ2) is 9.32. The van der Waals surface area contributed by atoms with Crippen LogP contribution in [0.15, 0.2) is 30.3 Å². The lowest BCUT2D eigenvalue weighted by atomic mass is 9.82. The van der Waals surface area contributed by atoms with Crippen LogP contribution in [0.2, 0.25) is 6.32 Å². The number of para-hydroxylation sites is 1. The molecule has 1 aliphatic rings. The number of rotatable bonds is 7. The minimum Gasteiger partial charge on any atom is -0.427 e. The van der Waals surface area contributed by atoms with Crippen molar-refractivity contribution in [2.45, 2.75) is 50.6 Å². The van der Waals surface area contributed by atoms with Crippen LogP contribution in [0.3, 0.4) is 0 Å². The number of halogens is 3. The summed E-state index contributed by atoms with van der Waals surface area (Å²) in [5, 5.41) is 18.5. The molecular weight excluding hydrogens is 382 g/mol. The van der Waals surface area contributed by atoms with Gasteiger partial charge >= 0.3 is 13.3 Å². The summed E-state index contributed by atoms with van der Waals surface area (Å²) < 4.78 is 39.9. The van der Waals surface area contributed by atoms with Crippen LogP contribution < -0.4 is 10.6 Å². The van der Waals surface area contributed by atoms with E-state index < -0.39 is 19.0 Å². The fourth-order valence-electron chi connectivity index (χ4n) is 4.08. The molecule has 1 unspecified atom stereocenters. The Hall–Kier alpha value is -1.84. The Morgan fingerprint density at radius 1 is 1.17 bits per heavy atom. The molecule has 4 N–H and O–H groups in total. The van der Waals surface area contributed by atoms with Crippen molar-refractivity contribution in [3.63, 3.8) is 0 Å². The van der Waals surface area contributed by atoms with Crippen LogP contribution in [0, 0.1) is 5.92 Å². The molecule has 3 rings (SSSR count). The lowest BCUT2D eigenvalue weighted by molar-refractivity contribution is -0.140. The van der Waals surface area contributed by atoms with E-state index in [1.807, 2.05) is 17.0 Å². The summed E-state index contributed by atoms with van der Waals surface area (Å²) in [6, 6.07) is 8.11. The van der Waals surface area contributed by atoms with E-state index in [-0.39, 0.29) is 6.04 Å². The topological polar surface area (TPSA) is 82.6 Å². The molecule has 158 valence electrons. The number of fused-ring (bicyclic) bond motifs is 1. The van der Waals surface area contributed by atoms with Gasteiger partial charge in [-0.2, -0.15) is 13.2 Å². The van der Waals surface area contributed by atoms with Gasteiger partial charge in [0.25, 0.3) is 0 Å². The molecule has 2 heterocycles. The molecule has 0 saturated carbocycles. The number of piperidine rings is 1. The zero-order valence-electron chi connectivity index (χ0n) is 16.3. The first kappa shape index (κ1) is 21.9. The molecule has 29 heavy (non-hydrogen) atoms. The Labute approximate surface area is 168 Å². The van der Waals surface area contributed by atoms with Gasteiger partial charge in [-0.3, -0.25) is 0 Å². The molecule has 2 aromatic rings. The molecule has 0 bridgehead atoms. The SMILES string of the molecule is NC(CCCCB(O)O)C1CCN(c2cc(C(F)(F)F)nc3ccccc23)CC1. The Kier molecular flexibility index (Phi) is 7.03. The van der Waals surface area contributed by atoms with Crippen molar-refractivity contribution in [1.29, 1.82) is 0 Å². The van der Waals surface area contributed by atoms with Crippen molar-refractivity contribution >= 4 is 23.7 Å². The van der Waals surface area contributed by atoms with Gasteiger partial charge in [0, 0.05) is 30.2 Å². The summed E-state index contributed by atoms with van der Waals surface area (Å²) in [4.78, 5) is 5.80. The van der Waals surface area contributed by atoms with Crippen molar-refractivity contribution in [2.24, 2.45) is 11.7 Å². The van der Waals surface area contributed by atoms with Crippen LogP contribution in [0.25, 0.3) is 10.9 Å². The largest absolute Gasteiger partial charge is 0.451 e.